The van der Waals surface area contributed by atoms with Crippen LogP contribution in [0.2, 0.25) is 0 Å². The lowest BCUT2D eigenvalue weighted by Crippen LogP contribution is -2.22. The van der Waals surface area contributed by atoms with Gasteiger partial charge in [-0.2, -0.15) is 0 Å². The average Bonchev–Trinajstić information content (AvgIpc) is 3.56. The van der Waals surface area contributed by atoms with Crippen molar-refractivity contribution in [2.24, 2.45) is 0 Å². The summed E-state index contributed by atoms with van der Waals surface area (Å²) in [5.41, 5.74) is 1.93. The Balaban J connectivity index is 1.37. The number of methoxy groups -OCH3 is 2. The summed E-state index contributed by atoms with van der Waals surface area (Å²) in [6.07, 6.45) is 0. The molecular weight excluding hydrogens is 502 g/mol. The number of carbonyl (C=O) groups excluding carboxylic acids is 2. The van der Waals surface area contributed by atoms with E-state index in [0.29, 0.717) is 27.9 Å². The molecule has 2 aromatic heterocycles. The maximum Gasteiger partial charge on any atom is 0.255 e. The summed E-state index contributed by atoms with van der Waals surface area (Å²) in [7, 11) is 3.07. The lowest BCUT2D eigenvalue weighted by Gasteiger charge is -2.12. The fraction of sp³-hybridized carbons (Fsp3) is 0.160. The molecule has 0 saturated heterocycles. The third-order valence-corrected chi connectivity index (χ3v) is 7.67. The van der Waals surface area contributed by atoms with E-state index >= 15 is 0 Å². The minimum absolute atomic E-state index is 0.137. The Kier molecular flexibility index (Phi) is 8.06. The molecule has 0 fully saturated rings. The molecule has 35 heavy (non-hydrogen) atoms. The number of benzene rings is 2. The van der Waals surface area contributed by atoms with E-state index in [2.05, 4.69) is 15.6 Å². The van der Waals surface area contributed by atoms with Crippen LogP contribution >= 0.6 is 34.4 Å². The average molecular weight is 526 g/mol. The zero-order chi connectivity index (χ0) is 24.8. The molecule has 180 valence electrons. The molecule has 7 nitrogen and oxygen atoms in total. The van der Waals surface area contributed by atoms with E-state index in [0.717, 1.165) is 15.5 Å². The van der Waals surface area contributed by atoms with Crippen molar-refractivity contribution >= 4 is 57.1 Å². The largest absolute Gasteiger partial charge is 0.493 e. The first kappa shape index (κ1) is 24.8. The fourth-order valence-electron chi connectivity index (χ4n) is 3.16. The molecule has 1 atom stereocenters. The summed E-state index contributed by atoms with van der Waals surface area (Å²) in [6.45, 7) is 1.84. The molecule has 2 amide bonds. The van der Waals surface area contributed by atoms with Crippen LogP contribution in [0.4, 0.5) is 10.8 Å². The van der Waals surface area contributed by atoms with Gasteiger partial charge in [0.15, 0.2) is 16.6 Å². The van der Waals surface area contributed by atoms with Gasteiger partial charge in [-0.05, 0) is 54.8 Å². The van der Waals surface area contributed by atoms with Crippen LogP contribution in [0.25, 0.3) is 10.6 Å². The molecule has 4 aromatic rings. The second kappa shape index (κ2) is 11.4. The smallest absolute Gasteiger partial charge is 0.255 e. The van der Waals surface area contributed by atoms with E-state index in [1.54, 1.807) is 42.7 Å². The minimum Gasteiger partial charge on any atom is -0.493 e. The summed E-state index contributed by atoms with van der Waals surface area (Å²) >= 11 is 4.41. The van der Waals surface area contributed by atoms with Crippen LogP contribution in [0.3, 0.4) is 0 Å². The number of rotatable bonds is 9. The Morgan fingerprint density at radius 3 is 2.54 bits per heavy atom. The van der Waals surface area contributed by atoms with Gasteiger partial charge in [0.05, 0.1) is 30.0 Å². The summed E-state index contributed by atoms with van der Waals surface area (Å²) in [5.74, 6) is 0.619. The van der Waals surface area contributed by atoms with Gasteiger partial charge in [-0.25, -0.2) is 4.98 Å². The van der Waals surface area contributed by atoms with Gasteiger partial charge < -0.3 is 20.1 Å². The molecular formula is C25H23N3O4S3. The van der Waals surface area contributed by atoms with Crippen LogP contribution in [0.15, 0.2) is 70.3 Å². The first-order valence-electron chi connectivity index (χ1n) is 10.6. The fourth-order valence-corrected chi connectivity index (χ4v) is 5.56. The number of amides is 2. The molecule has 0 aliphatic rings. The number of carbonyl (C=O) groups is 2. The van der Waals surface area contributed by atoms with Crippen LogP contribution < -0.4 is 20.1 Å². The second-order valence-electron chi connectivity index (χ2n) is 7.32. The van der Waals surface area contributed by atoms with Gasteiger partial charge in [-0.3, -0.25) is 9.59 Å². The van der Waals surface area contributed by atoms with Gasteiger partial charge in [0, 0.05) is 21.5 Å². The quantitative estimate of drug-likeness (QED) is 0.251. The molecule has 0 bridgehead atoms. The zero-order valence-corrected chi connectivity index (χ0v) is 21.7. The van der Waals surface area contributed by atoms with Crippen LogP contribution in [-0.2, 0) is 4.79 Å². The van der Waals surface area contributed by atoms with Crippen LogP contribution in [0.1, 0.15) is 17.3 Å². The van der Waals surface area contributed by atoms with Crippen molar-refractivity contribution in [1.82, 2.24) is 4.98 Å². The Labute approximate surface area is 215 Å². The lowest BCUT2D eigenvalue weighted by atomic mass is 10.2. The Morgan fingerprint density at radius 2 is 1.80 bits per heavy atom. The third-order valence-electron chi connectivity index (χ3n) is 4.93. The van der Waals surface area contributed by atoms with Gasteiger partial charge in [0.1, 0.15) is 0 Å². The molecule has 2 heterocycles. The highest BCUT2D eigenvalue weighted by molar-refractivity contribution is 8.00. The number of hydrogen-bond acceptors (Lipinski definition) is 8. The van der Waals surface area contributed by atoms with E-state index in [9.17, 15) is 9.59 Å². The first-order chi connectivity index (χ1) is 17.0. The second-order valence-corrected chi connectivity index (χ2v) is 10.5. The van der Waals surface area contributed by atoms with Crippen LogP contribution in [0, 0.1) is 0 Å². The Morgan fingerprint density at radius 1 is 0.971 bits per heavy atom. The molecule has 2 aromatic carbocycles. The third kappa shape index (κ3) is 6.21. The maximum atomic E-state index is 12.7. The van der Waals surface area contributed by atoms with Crippen molar-refractivity contribution in [3.63, 3.8) is 0 Å². The van der Waals surface area contributed by atoms with E-state index < -0.39 is 0 Å². The van der Waals surface area contributed by atoms with Crippen LogP contribution in [-0.4, -0.2) is 36.3 Å². The predicted molar refractivity (Wildman–Crippen MR) is 143 cm³/mol. The molecule has 2 N–H and O–H groups in total. The molecule has 1 unspecified atom stereocenters. The number of nitrogens with zero attached hydrogens (tertiary/aromatic N) is 1. The zero-order valence-electron chi connectivity index (χ0n) is 19.2. The first-order valence-corrected chi connectivity index (χ1v) is 13.2. The van der Waals surface area contributed by atoms with Crippen molar-refractivity contribution in [1.29, 1.82) is 0 Å². The van der Waals surface area contributed by atoms with Crippen molar-refractivity contribution < 1.29 is 19.1 Å². The monoisotopic (exact) mass is 525 g/mol. The topological polar surface area (TPSA) is 89.5 Å². The van der Waals surface area contributed by atoms with E-state index in [4.69, 9.17) is 9.47 Å². The highest BCUT2D eigenvalue weighted by Crippen LogP contribution is 2.31. The summed E-state index contributed by atoms with van der Waals surface area (Å²) in [4.78, 5) is 31.9. The van der Waals surface area contributed by atoms with Gasteiger partial charge in [-0.1, -0.05) is 12.1 Å². The Hall–Kier alpha value is -3.34. The normalized spacial score (nSPS) is 11.5. The highest BCUT2D eigenvalue weighted by Gasteiger charge is 2.17. The summed E-state index contributed by atoms with van der Waals surface area (Å²) < 4.78 is 10.5. The number of ether oxygens (including phenoxy) is 2. The van der Waals surface area contributed by atoms with Crippen LogP contribution in [0.5, 0.6) is 11.5 Å². The van der Waals surface area contributed by atoms with E-state index in [1.807, 2.05) is 48.0 Å². The molecule has 0 radical (unpaired) electrons. The lowest BCUT2D eigenvalue weighted by molar-refractivity contribution is -0.115. The number of nitrogens with one attached hydrogen (secondary N) is 2. The highest BCUT2D eigenvalue weighted by atomic mass is 32.2. The predicted octanol–water partition coefficient (Wildman–Crippen LogP) is 6.26. The number of aromatic nitrogens is 1. The van der Waals surface area contributed by atoms with Crippen molar-refractivity contribution in [2.75, 3.05) is 24.9 Å². The number of anilines is 2. The molecule has 0 aliphatic carbocycles. The molecule has 0 saturated carbocycles. The van der Waals surface area contributed by atoms with Gasteiger partial charge in [0.25, 0.3) is 5.91 Å². The van der Waals surface area contributed by atoms with Crippen molar-refractivity contribution in [2.45, 2.75) is 17.1 Å². The van der Waals surface area contributed by atoms with Gasteiger partial charge in [0.2, 0.25) is 5.91 Å². The van der Waals surface area contributed by atoms with Gasteiger partial charge >= 0.3 is 0 Å². The van der Waals surface area contributed by atoms with E-state index in [-0.39, 0.29) is 17.1 Å². The van der Waals surface area contributed by atoms with Crippen molar-refractivity contribution in [3.8, 4) is 22.1 Å². The molecule has 10 heteroatoms. The number of thiazole rings is 1. The summed E-state index contributed by atoms with van der Waals surface area (Å²) in [5, 5.41) is 9.92. The number of thiophene rings is 1. The molecule has 0 spiro atoms. The van der Waals surface area contributed by atoms with Gasteiger partial charge in [-0.15, -0.1) is 34.4 Å². The minimum atomic E-state index is -0.360. The summed E-state index contributed by atoms with van der Waals surface area (Å²) in [6, 6.07) is 16.3. The molecule has 4 rings (SSSR count). The number of thioether (sulfide) groups is 1. The Bertz CT molecular complexity index is 1320. The standard InChI is InChI=1S/C25H23N3O4S3/c1-15(23(29)28-25-27-19(14-34-25)22-8-5-11-33-22)35-18-7-4-6-17(13-18)26-24(30)16-9-10-20(31-2)21(12-16)32-3/h4-15H,1-3H3,(H,26,30)(H,27,28,29). The van der Waals surface area contributed by atoms with Crippen molar-refractivity contribution in [3.05, 3.63) is 70.9 Å². The van der Waals surface area contributed by atoms with E-state index in [1.165, 1.54) is 30.2 Å². The number of hydrogen-bond donors (Lipinski definition) is 2. The SMILES string of the molecule is COc1ccc(C(=O)Nc2cccc(SC(C)C(=O)Nc3nc(-c4cccs4)cs3)c2)cc1OC. The molecule has 0 aliphatic heterocycles. The maximum absolute atomic E-state index is 12.7.